The molecular weight excluding hydrogens is 256 g/mol. The predicted octanol–water partition coefficient (Wildman–Crippen LogP) is 2.05. The zero-order chi connectivity index (χ0) is 14.7. The van der Waals surface area contributed by atoms with Crippen LogP contribution in [0.25, 0.3) is 0 Å². The third-order valence-electron chi connectivity index (χ3n) is 2.93. The first kappa shape index (κ1) is 13.7. The van der Waals surface area contributed by atoms with Gasteiger partial charge >= 0.3 is 0 Å². The van der Waals surface area contributed by atoms with Crippen LogP contribution in [-0.2, 0) is 11.8 Å². The smallest absolute Gasteiger partial charge is 0.298 e. The number of Topliss-reactive ketones (excluding diaryl/α,β-unsaturated/α-hetero) is 2. The highest BCUT2D eigenvalue weighted by atomic mass is 16.2. The van der Waals surface area contributed by atoms with Gasteiger partial charge in [0.25, 0.3) is 11.7 Å². The number of carbonyl (C=O) groups is 3. The van der Waals surface area contributed by atoms with Gasteiger partial charge in [-0.2, -0.15) is 0 Å². The van der Waals surface area contributed by atoms with Crippen LogP contribution in [0.1, 0.15) is 27.8 Å². The Morgan fingerprint density at radius 2 is 1.70 bits per heavy atom. The Hall–Kier alpha value is -2.69. The van der Waals surface area contributed by atoms with Crippen LogP contribution in [0, 0.1) is 0 Å². The maximum Gasteiger partial charge on any atom is 0.298 e. The molecule has 0 spiro atoms. The van der Waals surface area contributed by atoms with E-state index in [1.54, 1.807) is 54.2 Å². The van der Waals surface area contributed by atoms with E-state index in [9.17, 15) is 14.4 Å². The summed E-state index contributed by atoms with van der Waals surface area (Å²) in [5, 5.41) is 2.51. The third kappa shape index (κ3) is 2.83. The predicted molar refractivity (Wildman–Crippen MR) is 74.8 cm³/mol. The number of nitrogens with zero attached hydrogens (tertiary/aromatic N) is 1. The molecule has 5 heteroatoms. The number of carbonyl (C=O) groups excluding carboxylic acids is 3. The van der Waals surface area contributed by atoms with E-state index in [2.05, 4.69) is 5.32 Å². The molecule has 1 aromatic carbocycles. The van der Waals surface area contributed by atoms with Crippen LogP contribution < -0.4 is 5.32 Å². The summed E-state index contributed by atoms with van der Waals surface area (Å²) in [7, 11) is 1.70. The van der Waals surface area contributed by atoms with Crippen molar-refractivity contribution in [2.75, 3.05) is 5.32 Å². The molecule has 0 aliphatic rings. The van der Waals surface area contributed by atoms with Gasteiger partial charge in [0.1, 0.15) is 0 Å². The number of anilines is 1. The molecule has 0 radical (unpaired) electrons. The Labute approximate surface area is 116 Å². The molecule has 1 N–H and O–H groups in total. The maximum absolute atomic E-state index is 11.9. The molecule has 102 valence electrons. The van der Waals surface area contributed by atoms with E-state index < -0.39 is 11.7 Å². The van der Waals surface area contributed by atoms with Crippen LogP contribution >= 0.6 is 0 Å². The highest BCUT2D eigenvalue weighted by Gasteiger charge is 2.18. The molecule has 0 fully saturated rings. The van der Waals surface area contributed by atoms with E-state index in [1.165, 1.54) is 6.92 Å². The Bertz CT molecular complexity index is 669. The molecular formula is C15H14N2O3. The SMILES string of the molecule is CC(=O)c1ccc(NC(=O)C(=O)c2cccn2C)cc1. The van der Waals surface area contributed by atoms with Gasteiger partial charge < -0.3 is 9.88 Å². The third-order valence-corrected chi connectivity index (χ3v) is 2.93. The minimum atomic E-state index is -0.706. The van der Waals surface area contributed by atoms with Gasteiger partial charge in [-0.15, -0.1) is 0 Å². The zero-order valence-corrected chi connectivity index (χ0v) is 11.2. The normalized spacial score (nSPS) is 10.1. The maximum atomic E-state index is 11.9. The Morgan fingerprint density at radius 1 is 1.05 bits per heavy atom. The number of aromatic nitrogens is 1. The minimum absolute atomic E-state index is 0.0530. The molecule has 2 rings (SSSR count). The highest BCUT2D eigenvalue weighted by molar-refractivity contribution is 6.46. The fraction of sp³-hybridized carbons (Fsp3) is 0.133. The quantitative estimate of drug-likeness (QED) is 0.683. The molecule has 2 aromatic rings. The van der Waals surface area contributed by atoms with Crippen LogP contribution in [-0.4, -0.2) is 22.0 Å². The van der Waals surface area contributed by atoms with Gasteiger partial charge in [0.05, 0.1) is 5.69 Å². The Morgan fingerprint density at radius 3 is 2.20 bits per heavy atom. The summed E-state index contributed by atoms with van der Waals surface area (Å²) in [6.45, 7) is 1.46. The second-order valence-electron chi connectivity index (χ2n) is 4.42. The van der Waals surface area contributed by atoms with Gasteiger partial charge in [-0.05, 0) is 43.3 Å². The van der Waals surface area contributed by atoms with Crippen LogP contribution in [0.3, 0.4) is 0 Å². The number of aryl methyl sites for hydroxylation is 1. The van der Waals surface area contributed by atoms with Crippen LogP contribution in [0.15, 0.2) is 42.6 Å². The van der Waals surface area contributed by atoms with Gasteiger partial charge in [-0.3, -0.25) is 14.4 Å². The van der Waals surface area contributed by atoms with Crippen LogP contribution in [0.2, 0.25) is 0 Å². The fourth-order valence-corrected chi connectivity index (χ4v) is 1.79. The fourth-order valence-electron chi connectivity index (χ4n) is 1.79. The largest absolute Gasteiger partial charge is 0.348 e. The first-order valence-electron chi connectivity index (χ1n) is 6.07. The van der Waals surface area contributed by atoms with Crippen molar-refractivity contribution < 1.29 is 14.4 Å². The number of ketones is 2. The van der Waals surface area contributed by atoms with E-state index in [1.807, 2.05) is 0 Å². The lowest BCUT2D eigenvalue weighted by molar-refractivity contribution is -0.112. The van der Waals surface area contributed by atoms with Gasteiger partial charge in [-0.25, -0.2) is 0 Å². The molecule has 1 heterocycles. The summed E-state index contributed by atoms with van der Waals surface area (Å²) in [5.41, 5.74) is 1.35. The van der Waals surface area contributed by atoms with Gasteiger partial charge in [0.15, 0.2) is 5.78 Å². The molecule has 1 aromatic heterocycles. The van der Waals surface area contributed by atoms with Crippen LogP contribution in [0.4, 0.5) is 5.69 Å². The highest BCUT2D eigenvalue weighted by Crippen LogP contribution is 2.11. The van der Waals surface area contributed by atoms with E-state index >= 15 is 0 Å². The number of benzene rings is 1. The second-order valence-corrected chi connectivity index (χ2v) is 4.42. The number of amides is 1. The van der Waals surface area contributed by atoms with Gasteiger partial charge in [0, 0.05) is 24.5 Å². The lowest BCUT2D eigenvalue weighted by Gasteiger charge is -2.05. The summed E-state index contributed by atoms with van der Waals surface area (Å²) < 4.78 is 1.58. The summed E-state index contributed by atoms with van der Waals surface area (Å²) in [6, 6.07) is 9.67. The Balaban J connectivity index is 2.10. The molecule has 0 saturated carbocycles. The molecule has 0 saturated heterocycles. The molecule has 20 heavy (non-hydrogen) atoms. The molecule has 0 aliphatic heterocycles. The Kier molecular flexibility index (Phi) is 3.79. The zero-order valence-electron chi connectivity index (χ0n) is 11.2. The molecule has 1 amide bonds. The monoisotopic (exact) mass is 270 g/mol. The standard InChI is InChI=1S/C15H14N2O3/c1-10(18)11-5-7-12(8-6-11)16-15(20)14(19)13-4-3-9-17(13)2/h3-9H,1-2H3,(H,16,20). The first-order chi connectivity index (χ1) is 9.49. The topological polar surface area (TPSA) is 68.2 Å². The van der Waals surface area contributed by atoms with Crippen molar-refractivity contribution in [2.24, 2.45) is 7.05 Å². The molecule has 5 nitrogen and oxygen atoms in total. The van der Waals surface area contributed by atoms with Gasteiger partial charge in [-0.1, -0.05) is 0 Å². The second kappa shape index (κ2) is 5.52. The van der Waals surface area contributed by atoms with E-state index in [4.69, 9.17) is 0 Å². The number of nitrogens with one attached hydrogen (secondary N) is 1. The average molecular weight is 270 g/mol. The summed E-state index contributed by atoms with van der Waals surface area (Å²) in [4.78, 5) is 34.9. The lowest BCUT2D eigenvalue weighted by Crippen LogP contribution is -2.24. The van der Waals surface area contributed by atoms with Crippen molar-refractivity contribution in [3.63, 3.8) is 0 Å². The van der Waals surface area contributed by atoms with Crippen molar-refractivity contribution in [1.29, 1.82) is 0 Å². The summed E-state index contributed by atoms with van der Waals surface area (Å²) >= 11 is 0. The van der Waals surface area contributed by atoms with E-state index in [0.717, 1.165) is 0 Å². The summed E-state index contributed by atoms with van der Waals surface area (Å²) in [6.07, 6.45) is 1.70. The number of hydrogen-bond acceptors (Lipinski definition) is 3. The number of rotatable bonds is 4. The van der Waals surface area contributed by atoms with Crippen molar-refractivity contribution >= 4 is 23.2 Å². The van der Waals surface area contributed by atoms with E-state index in [0.29, 0.717) is 16.9 Å². The minimum Gasteiger partial charge on any atom is -0.348 e. The lowest BCUT2D eigenvalue weighted by atomic mass is 10.1. The average Bonchev–Trinajstić information content (AvgIpc) is 2.84. The molecule has 0 atom stereocenters. The first-order valence-corrected chi connectivity index (χ1v) is 6.07. The van der Waals surface area contributed by atoms with Gasteiger partial charge in [0.2, 0.25) is 0 Å². The summed E-state index contributed by atoms with van der Waals surface area (Å²) in [5.74, 6) is -1.36. The molecule has 0 unspecified atom stereocenters. The molecule has 0 aliphatic carbocycles. The van der Waals surface area contributed by atoms with Crippen LogP contribution in [0.5, 0.6) is 0 Å². The van der Waals surface area contributed by atoms with Crippen molar-refractivity contribution in [3.05, 3.63) is 53.9 Å². The van der Waals surface area contributed by atoms with E-state index in [-0.39, 0.29) is 5.78 Å². The van der Waals surface area contributed by atoms with Crippen molar-refractivity contribution in [2.45, 2.75) is 6.92 Å². The van der Waals surface area contributed by atoms with Crippen molar-refractivity contribution in [3.8, 4) is 0 Å². The number of hydrogen-bond donors (Lipinski definition) is 1. The van der Waals surface area contributed by atoms with Crippen molar-refractivity contribution in [1.82, 2.24) is 4.57 Å². The molecule has 0 bridgehead atoms.